The van der Waals surface area contributed by atoms with E-state index in [4.69, 9.17) is 14.2 Å². The van der Waals surface area contributed by atoms with Crippen molar-refractivity contribution < 1.29 is 23.8 Å². The molecular weight excluding hydrogens is 274 g/mol. The van der Waals surface area contributed by atoms with Crippen molar-refractivity contribution in [2.45, 2.75) is 25.9 Å². The highest BCUT2D eigenvalue weighted by molar-refractivity contribution is 5.70. The Balaban J connectivity index is 1.99. The zero-order chi connectivity index (χ0) is 15.3. The van der Waals surface area contributed by atoms with Gasteiger partial charge in [0.25, 0.3) is 0 Å². The summed E-state index contributed by atoms with van der Waals surface area (Å²) in [5.41, 5.74) is 0.814. The Kier molecular flexibility index (Phi) is 4.73. The van der Waals surface area contributed by atoms with Crippen LogP contribution in [0.3, 0.4) is 0 Å². The topological polar surface area (TPSA) is 74.2 Å². The minimum absolute atomic E-state index is 0.109. The number of isocyanates is 1. The molecule has 0 fully saturated rings. The molecule has 112 valence electrons. The van der Waals surface area contributed by atoms with E-state index in [2.05, 4.69) is 4.99 Å². The maximum Gasteiger partial charge on any atom is 0.332 e. The molecule has 0 spiro atoms. The van der Waals surface area contributed by atoms with Crippen molar-refractivity contribution in [2.24, 2.45) is 4.99 Å². The normalized spacial score (nSPS) is 19.3. The van der Waals surface area contributed by atoms with Gasteiger partial charge in [-0.15, -0.1) is 0 Å². The van der Waals surface area contributed by atoms with Gasteiger partial charge in [-0.25, -0.2) is 9.59 Å². The number of fused-ring (bicyclic) bond motifs is 1. The van der Waals surface area contributed by atoms with E-state index >= 15 is 0 Å². The van der Waals surface area contributed by atoms with Gasteiger partial charge in [0.1, 0.15) is 23.6 Å². The van der Waals surface area contributed by atoms with E-state index in [-0.39, 0.29) is 13.2 Å². The summed E-state index contributed by atoms with van der Waals surface area (Å²) in [7, 11) is 0. The third kappa shape index (κ3) is 3.68. The molecule has 0 bridgehead atoms. The van der Waals surface area contributed by atoms with Crippen molar-refractivity contribution in [1.82, 2.24) is 0 Å². The van der Waals surface area contributed by atoms with Crippen molar-refractivity contribution in [2.75, 3.05) is 19.8 Å². The van der Waals surface area contributed by atoms with Crippen LogP contribution in [-0.2, 0) is 25.5 Å². The van der Waals surface area contributed by atoms with Crippen molar-refractivity contribution in [3.8, 4) is 5.75 Å². The molecule has 1 heterocycles. The van der Waals surface area contributed by atoms with E-state index in [9.17, 15) is 9.59 Å². The summed E-state index contributed by atoms with van der Waals surface area (Å²) in [5, 5.41) is 0. The van der Waals surface area contributed by atoms with E-state index in [1.165, 1.54) is 6.08 Å². The van der Waals surface area contributed by atoms with E-state index in [1.54, 1.807) is 13.0 Å². The number of carbonyl (C=O) groups is 1. The first kappa shape index (κ1) is 15.2. The van der Waals surface area contributed by atoms with Crippen molar-refractivity contribution in [3.05, 3.63) is 23.8 Å². The van der Waals surface area contributed by atoms with Gasteiger partial charge in [-0.2, -0.15) is 4.99 Å². The van der Waals surface area contributed by atoms with Gasteiger partial charge in [-0.1, -0.05) is 12.1 Å². The molecule has 6 heteroatoms. The van der Waals surface area contributed by atoms with Crippen molar-refractivity contribution >= 4 is 17.7 Å². The second-order valence-electron chi connectivity index (χ2n) is 5.00. The summed E-state index contributed by atoms with van der Waals surface area (Å²) in [5.74, 6) is 0.172. The molecule has 1 aliphatic heterocycles. The van der Waals surface area contributed by atoms with E-state index in [0.29, 0.717) is 24.5 Å². The van der Waals surface area contributed by atoms with E-state index < -0.39 is 11.6 Å². The molecular formula is C15H17NO5. The molecule has 21 heavy (non-hydrogen) atoms. The molecule has 0 saturated heterocycles. The predicted octanol–water partition coefficient (Wildman–Crippen LogP) is 1.93. The maximum atomic E-state index is 11.2. The average molecular weight is 291 g/mol. The SMILES string of the molecule is CCOC(=O)COCC1(C)Cc2cccc(N=C=O)c2O1. The molecule has 0 aromatic heterocycles. The first-order valence-electron chi connectivity index (χ1n) is 6.70. The first-order chi connectivity index (χ1) is 10.1. The minimum Gasteiger partial charge on any atom is -0.482 e. The molecule has 2 rings (SSSR count). The van der Waals surface area contributed by atoms with Crippen LogP contribution in [0.5, 0.6) is 5.75 Å². The number of esters is 1. The van der Waals surface area contributed by atoms with E-state index in [0.717, 1.165) is 5.56 Å². The van der Waals surface area contributed by atoms with E-state index in [1.807, 2.05) is 19.1 Å². The summed E-state index contributed by atoms with van der Waals surface area (Å²) in [6.07, 6.45) is 2.13. The zero-order valence-electron chi connectivity index (χ0n) is 12.0. The number of hydrogen-bond donors (Lipinski definition) is 0. The molecule has 0 amide bonds. The van der Waals surface area contributed by atoms with Crippen LogP contribution in [0.4, 0.5) is 5.69 Å². The van der Waals surface area contributed by atoms with Gasteiger partial charge >= 0.3 is 5.97 Å². The number of rotatable bonds is 6. The monoisotopic (exact) mass is 291 g/mol. The predicted molar refractivity (Wildman–Crippen MR) is 74.4 cm³/mol. The van der Waals surface area contributed by atoms with Crippen LogP contribution in [0, 0.1) is 0 Å². The number of carbonyl (C=O) groups excluding carboxylic acids is 2. The fraction of sp³-hybridized carbons (Fsp3) is 0.467. The number of ether oxygens (including phenoxy) is 3. The van der Waals surface area contributed by atoms with Crippen LogP contribution in [-0.4, -0.2) is 37.5 Å². The van der Waals surface area contributed by atoms with Gasteiger partial charge in [0.05, 0.1) is 13.2 Å². The van der Waals surface area contributed by atoms with Crippen LogP contribution < -0.4 is 4.74 Å². The lowest BCUT2D eigenvalue weighted by atomic mass is 10.0. The third-order valence-electron chi connectivity index (χ3n) is 3.09. The Labute approximate surface area is 122 Å². The van der Waals surface area contributed by atoms with Crippen LogP contribution in [0.1, 0.15) is 19.4 Å². The molecule has 0 radical (unpaired) electrons. The number of aliphatic imine (C=N–C) groups is 1. The van der Waals surface area contributed by atoms with Crippen molar-refractivity contribution in [3.63, 3.8) is 0 Å². The molecule has 0 N–H and O–H groups in total. The van der Waals surface area contributed by atoms with Gasteiger partial charge in [-0.05, 0) is 19.9 Å². The zero-order valence-corrected chi connectivity index (χ0v) is 12.0. The summed E-state index contributed by atoms with van der Waals surface area (Å²) in [6.45, 7) is 4.08. The Morgan fingerprint density at radius 3 is 3.05 bits per heavy atom. The number of para-hydroxylation sites is 1. The maximum absolute atomic E-state index is 11.2. The lowest BCUT2D eigenvalue weighted by Crippen LogP contribution is -2.36. The molecule has 1 unspecified atom stereocenters. The summed E-state index contributed by atoms with van der Waals surface area (Å²) in [4.78, 5) is 25.3. The smallest absolute Gasteiger partial charge is 0.332 e. The van der Waals surface area contributed by atoms with Crippen molar-refractivity contribution in [1.29, 1.82) is 0 Å². The lowest BCUT2D eigenvalue weighted by molar-refractivity contribution is -0.150. The summed E-state index contributed by atoms with van der Waals surface area (Å²) in [6, 6.07) is 5.41. The lowest BCUT2D eigenvalue weighted by Gasteiger charge is -2.23. The molecule has 0 saturated carbocycles. The highest BCUT2D eigenvalue weighted by Gasteiger charge is 2.36. The first-order valence-corrected chi connectivity index (χ1v) is 6.70. The largest absolute Gasteiger partial charge is 0.482 e. The summed E-state index contributed by atoms with van der Waals surface area (Å²) >= 11 is 0. The van der Waals surface area contributed by atoms with Crippen LogP contribution in [0.25, 0.3) is 0 Å². The molecule has 6 nitrogen and oxygen atoms in total. The van der Waals surface area contributed by atoms with Gasteiger partial charge < -0.3 is 14.2 Å². The molecule has 1 aromatic carbocycles. The fourth-order valence-corrected chi connectivity index (χ4v) is 2.28. The highest BCUT2D eigenvalue weighted by atomic mass is 16.6. The molecule has 1 aliphatic rings. The Morgan fingerprint density at radius 1 is 1.52 bits per heavy atom. The van der Waals surface area contributed by atoms with Gasteiger partial charge in [0, 0.05) is 12.0 Å². The Morgan fingerprint density at radius 2 is 2.33 bits per heavy atom. The fourth-order valence-electron chi connectivity index (χ4n) is 2.28. The third-order valence-corrected chi connectivity index (χ3v) is 3.09. The van der Waals surface area contributed by atoms with Gasteiger partial charge in [-0.3, -0.25) is 0 Å². The minimum atomic E-state index is -0.594. The number of hydrogen-bond acceptors (Lipinski definition) is 6. The van der Waals surface area contributed by atoms with Crippen LogP contribution >= 0.6 is 0 Å². The number of nitrogens with zero attached hydrogens (tertiary/aromatic N) is 1. The Bertz CT molecular complexity index is 579. The molecule has 1 atom stereocenters. The number of benzene rings is 1. The second kappa shape index (κ2) is 6.52. The quantitative estimate of drug-likeness (QED) is 0.455. The summed E-state index contributed by atoms with van der Waals surface area (Å²) < 4.78 is 16.0. The second-order valence-corrected chi connectivity index (χ2v) is 5.00. The Hall–Kier alpha value is -2.17. The molecule has 0 aliphatic carbocycles. The highest BCUT2D eigenvalue weighted by Crippen LogP contribution is 2.41. The van der Waals surface area contributed by atoms with Crippen LogP contribution in [0.15, 0.2) is 23.2 Å². The molecule has 1 aromatic rings. The van der Waals surface area contributed by atoms with Gasteiger partial charge in [0.2, 0.25) is 6.08 Å². The van der Waals surface area contributed by atoms with Crippen LogP contribution in [0.2, 0.25) is 0 Å². The van der Waals surface area contributed by atoms with Gasteiger partial charge in [0.15, 0.2) is 0 Å². The standard InChI is InChI=1S/C15H17NO5/c1-3-20-13(18)8-19-9-15(2)7-11-5-4-6-12(16-10-17)14(11)21-15/h4-6H,3,7-9H2,1-2H3. The average Bonchev–Trinajstić information content (AvgIpc) is 2.77.